The highest BCUT2D eigenvalue weighted by Crippen LogP contribution is 2.19. The van der Waals surface area contributed by atoms with Gasteiger partial charge in [-0.3, -0.25) is 0 Å². The van der Waals surface area contributed by atoms with E-state index in [2.05, 4.69) is 5.32 Å². The molecular weight excluding hydrogens is 327 g/mol. The number of rotatable bonds is 3. The van der Waals surface area contributed by atoms with E-state index in [0.29, 0.717) is 5.76 Å². The Morgan fingerprint density at radius 2 is 1.81 bits per heavy atom. The second kappa shape index (κ2) is 4.82. The van der Waals surface area contributed by atoms with Crippen LogP contribution in [0.4, 0.5) is 14.5 Å². The average molecular weight is 335 g/mol. The number of furan rings is 1. The third kappa shape index (κ3) is 2.52. The van der Waals surface area contributed by atoms with E-state index in [0.717, 1.165) is 3.77 Å². The Balaban J connectivity index is 2.10. The number of benzene rings is 1. The molecule has 0 amide bonds. The standard InChI is InChI=1S/C11H8F2INO/c12-8-2-1-3-9(13)11(8)15-6-7-4-5-10(14)16-7/h1-5,15H,6H2. The van der Waals surface area contributed by atoms with E-state index in [1.807, 2.05) is 22.6 Å². The second-order valence-electron chi connectivity index (χ2n) is 3.16. The van der Waals surface area contributed by atoms with Gasteiger partial charge in [-0.15, -0.1) is 0 Å². The summed E-state index contributed by atoms with van der Waals surface area (Å²) in [5, 5.41) is 2.66. The fourth-order valence-electron chi connectivity index (χ4n) is 1.29. The summed E-state index contributed by atoms with van der Waals surface area (Å²) in [6, 6.07) is 7.28. The quantitative estimate of drug-likeness (QED) is 0.864. The van der Waals surface area contributed by atoms with Crippen molar-refractivity contribution in [2.75, 3.05) is 5.32 Å². The molecule has 2 rings (SSSR count). The summed E-state index contributed by atoms with van der Waals surface area (Å²) in [7, 11) is 0. The van der Waals surface area contributed by atoms with Gasteiger partial charge in [-0.1, -0.05) is 6.07 Å². The summed E-state index contributed by atoms with van der Waals surface area (Å²) in [5.41, 5.74) is -0.131. The minimum atomic E-state index is -0.610. The third-order valence-electron chi connectivity index (χ3n) is 2.03. The maximum Gasteiger partial charge on any atom is 0.164 e. The van der Waals surface area contributed by atoms with Gasteiger partial charge in [0, 0.05) is 0 Å². The number of halogens is 3. The molecule has 1 aromatic heterocycles. The normalized spacial score (nSPS) is 10.4. The molecule has 5 heteroatoms. The van der Waals surface area contributed by atoms with Crippen molar-refractivity contribution >= 4 is 28.3 Å². The van der Waals surface area contributed by atoms with Crippen molar-refractivity contribution < 1.29 is 13.2 Å². The van der Waals surface area contributed by atoms with Gasteiger partial charge in [0.1, 0.15) is 23.1 Å². The van der Waals surface area contributed by atoms with Crippen LogP contribution in [0.2, 0.25) is 0 Å². The van der Waals surface area contributed by atoms with Crippen LogP contribution in [0.5, 0.6) is 0 Å². The van der Waals surface area contributed by atoms with Crippen LogP contribution in [0.15, 0.2) is 34.7 Å². The molecule has 0 aliphatic carbocycles. The first-order chi connectivity index (χ1) is 7.66. The number of para-hydroxylation sites is 1. The van der Waals surface area contributed by atoms with Crippen molar-refractivity contribution in [3.05, 3.63) is 51.5 Å². The number of hydrogen-bond donors (Lipinski definition) is 1. The largest absolute Gasteiger partial charge is 0.454 e. The lowest BCUT2D eigenvalue weighted by atomic mass is 10.3. The van der Waals surface area contributed by atoms with E-state index >= 15 is 0 Å². The first kappa shape index (κ1) is 11.4. The highest BCUT2D eigenvalue weighted by Gasteiger charge is 2.08. The molecule has 16 heavy (non-hydrogen) atoms. The van der Waals surface area contributed by atoms with Gasteiger partial charge in [-0.25, -0.2) is 8.78 Å². The minimum absolute atomic E-state index is 0.131. The van der Waals surface area contributed by atoms with Gasteiger partial charge in [0.2, 0.25) is 0 Å². The highest BCUT2D eigenvalue weighted by atomic mass is 127. The molecule has 1 heterocycles. The lowest BCUT2D eigenvalue weighted by molar-refractivity contribution is 0.491. The summed E-state index contributed by atoms with van der Waals surface area (Å²) >= 11 is 2.03. The lowest BCUT2D eigenvalue weighted by Crippen LogP contribution is -2.02. The fraction of sp³-hybridized carbons (Fsp3) is 0.0909. The summed E-state index contributed by atoms with van der Waals surface area (Å²) in [6.07, 6.45) is 0. The fourth-order valence-corrected chi connectivity index (χ4v) is 1.75. The summed E-state index contributed by atoms with van der Waals surface area (Å²) in [4.78, 5) is 0. The monoisotopic (exact) mass is 335 g/mol. The first-order valence-corrected chi connectivity index (χ1v) is 5.67. The maximum atomic E-state index is 13.2. The molecular formula is C11H8F2INO. The van der Waals surface area contributed by atoms with Gasteiger partial charge in [0.05, 0.1) is 6.54 Å². The smallest absolute Gasteiger partial charge is 0.164 e. The molecule has 0 radical (unpaired) electrons. The molecule has 1 aromatic carbocycles. The zero-order chi connectivity index (χ0) is 11.5. The summed E-state index contributed by atoms with van der Waals surface area (Å²) < 4.78 is 32.5. The van der Waals surface area contributed by atoms with E-state index in [1.54, 1.807) is 12.1 Å². The van der Waals surface area contributed by atoms with Crippen LogP contribution >= 0.6 is 22.6 Å². The Labute approximate surface area is 105 Å². The predicted molar refractivity (Wildman–Crippen MR) is 65.1 cm³/mol. The van der Waals surface area contributed by atoms with Crippen molar-refractivity contribution in [3.8, 4) is 0 Å². The molecule has 0 saturated heterocycles. The zero-order valence-corrected chi connectivity index (χ0v) is 10.3. The van der Waals surface area contributed by atoms with Crippen molar-refractivity contribution in [2.24, 2.45) is 0 Å². The van der Waals surface area contributed by atoms with E-state index < -0.39 is 11.6 Å². The molecule has 84 valence electrons. The molecule has 2 aromatic rings. The van der Waals surface area contributed by atoms with Crippen LogP contribution in [0, 0.1) is 15.4 Å². The van der Waals surface area contributed by atoms with Crippen LogP contribution in [-0.4, -0.2) is 0 Å². The van der Waals surface area contributed by atoms with Gasteiger partial charge in [0.15, 0.2) is 3.77 Å². The molecule has 0 atom stereocenters. The summed E-state index contributed by atoms with van der Waals surface area (Å²) in [6.45, 7) is 0.251. The predicted octanol–water partition coefficient (Wildman–Crippen LogP) is 3.77. The Hall–Kier alpha value is -1.11. The number of nitrogens with one attached hydrogen (secondary N) is 1. The molecule has 2 nitrogen and oxygen atoms in total. The molecule has 0 saturated carbocycles. The van der Waals surface area contributed by atoms with E-state index in [9.17, 15) is 8.78 Å². The molecule has 0 spiro atoms. The molecule has 0 fully saturated rings. The van der Waals surface area contributed by atoms with Crippen LogP contribution in [0.25, 0.3) is 0 Å². The van der Waals surface area contributed by atoms with Crippen LogP contribution in [0.3, 0.4) is 0 Å². The van der Waals surface area contributed by atoms with Crippen molar-refractivity contribution in [1.82, 2.24) is 0 Å². The molecule has 0 aliphatic rings. The number of hydrogen-bond acceptors (Lipinski definition) is 2. The molecule has 0 bridgehead atoms. The number of anilines is 1. The third-order valence-corrected chi connectivity index (χ3v) is 2.61. The van der Waals surface area contributed by atoms with E-state index in [-0.39, 0.29) is 12.2 Å². The molecule has 1 N–H and O–H groups in total. The average Bonchev–Trinajstić information content (AvgIpc) is 2.63. The topological polar surface area (TPSA) is 25.2 Å². The molecule has 0 unspecified atom stereocenters. The van der Waals surface area contributed by atoms with E-state index in [1.165, 1.54) is 18.2 Å². The van der Waals surface area contributed by atoms with Crippen molar-refractivity contribution in [1.29, 1.82) is 0 Å². The van der Waals surface area contributed by atoms with Gasteiger partial charge in [-0.05, 0) is 46.9 Å². The van der Waals surface area contributed by atoms with Crippen LogP contribution < -0.4 is 5.32 Å². The highest BCUT2D eigenvalue weighted by molar-refractivity contribution is 14.1. The Kier molecular flexibility index (Phi) is 3.42. The van der Waals surface area contributed by atoms with Gasteiger partial charge in [-0.2, -0.15) is 0 Å². The Bertz CT molecular complexity index is 478. The van der Waals surface area contributed by atoms with E-state index in [4.69, 9.17) is 4.42 Å². The van der Waals surface area contributed by atoms with Crippen molar-refractivity contribution in [2.45, 2.75) is 6.54 Å². The zero-order valence-electron chi connectivity index (χ0n) is 8.14. The second-order valence-corrected chi connectivity index (χ2v) is 4.22. The van der Waals surface area contributed by atoms with Gasteiger partial charge >= 0.3 is 0 Å². The van der Waals surface area contributed by atoms with Crippen LogP contribution in [0.1, 0.15) is 5.76 Å². The Morgan fingerprint density at radius 1 is 1.12 bits per heavy atom. The van der Waals surface area contributed by atoms with Crippen molar-refractivity contribution in [3.63, 3.8) is 0 Å². The maximum absolute atomic E-state index is 13.2. The summed E-state index contributed by atoms with van der Waals surface area (Å²) in [5.74, 6) is -0.588. The molecule has 0 aliphatic heterocycles. The van der Waals surface area contributed by atoms with Gasteiger partial charge < -0.3 is 9.73 Å². The Morgan fingerprint density at radius 3 is 2.38 bits per heavy atom. The van der Waals surface area contributed by atoms with Crippen LogP contribution in [-0.2, 0) is 6.54 Å². The first-order valence-electron chi connectivity index (χ1n) is 4.59. The lowest BCUT2D eigenvalue weighted by Gasteiger charge is -2.06. The minimum Gasteiger partial charge on any atom is -0.454 e. The van der Waals surface area contributed by atoms with Gasteiger partial charge in [0.25, 0.3) is 0 Å². The SMILES string of the molecule is Fc1cccc(F)c1NCc1ccc(I)o1.